The Bertz CT molecular complexity index is 1080. The van der Waals surface area contributed by atoms with Gasteiger partial charge in [0.1, 0.15) is 5.75 Å². The SMILES string of the molecule is C=CC(=O)N1CCC1Cc1[nH]c2nnc(-c3ccccc3O)cc2c1C1CC1. The molecule has 2 aliphatic rings. The minimum Gasteiger partial charge on any atom is -0.507 e. The van der Waals surface area contributed by atoms with Gasteiger partial charge in [-0.15, -0.1) is 10.2 Å². The van der Waals surface area contributed by atoms with E-state index in [1.807, 2.05) is 23.1 Å². The van der Waals surface area contributed by atoms with Gasteiger partial charge in [-0.25, -0.2) is 0 Å². The minimum atomic E-state index is 0.00182. The highest BCUT2D eigenvalue weighted by Crippen LogP contribution is 2.46. The van der Waals surface area contributed by atoms with Gasteiger partial charge >= 0.3 is 0 Å². The topological polar surface area (TPSA) is 82.1 Å². The molecule has 1 aliphatic heterocycles. The number of benzene rings is 1. The summed E-state index contributed by atoms with van der Waals surface area (Å²) in [5.41, 5.74) is 4.59. The van der Waals surface area contributed by atoms with Gasteiger partial charge in [0.25, 0.3) is 0 Å². The van der Waals surface area contributed by atoms with Crippen molar-refractivity contribution in [2.75, 3.05) is 6.54 Å². The second-order valence-electron chi connectivity index (χ2n) is 7.68. The third-order valence-electron chi connectivity index (χ3n) is 5.89. The van der Waals surface area contributed by atoms with Crippen molar-refractivity contribution in [3.05, 3.63) is 54.2 Å². The van der Waals surface area contributed by atoms with Crippen LogP contribution in [0.15, 0.2) is 43.0 Å². The average Bonchev–Trinajstić information content (AvgIpc) is 3.45. The number of amides is 1. The lowest BCUT2D eigenvalue weighted by molar-refractivity contribution is -0.133. The monoisotopic (exact) mass is 374 g/mol. The molecule has 2 fully saturated rings. The Hall–Kier alpha value is -3.15. The molecule has 0 radical (unpaired) electrons. The first-order valence-corrected chi connectivity index (χ1v) is 9.75. The van der Waals surface area contributed by atoms with Gasteiger partial charge < -0.3 is 15.0 Å². The Kier molecular flexibility index (Phi) is 3.93. The Balaban J connectivity index is 1.54. The number of H-pyrrole nitrogens is 1. The fourth-order valence-electron chi connectivity index (χ4n) is 4.18. The number of hydrogen-bond donors (Lipinski definition) is 2. The quantitative estimate of drug-likeness (QED) is 0.669. The van der Waals surface area contributed by atoms with E-state index in [2.05, 4.69) is 21.8 Å². The smallest absolute Gasteiger partial charge is 0.246 e. The van der Waals surface area contributed by atoms with Crippen LogP contribution in [0.3, 0.4) is 0 Å². The molecule has 5 rings (SSSR count). The first-order valence-electron chi connectivity index (χ1n) is 9.75. The molecule has 1 unspecified atom stereocenters. The van der Waals surface area contributed by atoms with Crippen LogP contribution in [0.1, 0.15) is 36.4 Å². The van der Waals surface area contributed by atoms with Gasteiger partial charge in [0, 0.05) is 35.7 Å². The highest BCUT2D eigenvalue weighted by molar-refractivity contribution is 5.88. The number of likely N-dealkylation sites (tertiary alicyclic amines) is 1. The van der Waals surface area contributed by atoms with Crippen molar-refractivity contribution in [1.82, 2.24) is 20.1 Å². The number of nitrogens with zero attached hydrogens (tertiary/aromatic N) is 3. The molecule has 6 nitrogen and oxygen atoms in total. The third-order valence-corrected chi connectivity index (χ3v) is 5.89. The molecule has 0 spiro atoms. The minimum absolute atomic E-state index is 0.00182. The van der Waals surface area contributed by atoms with Crippen molar-refractivity contribution in [2.45, 2.75) is 37.6 Å². The molecule has 1 amide bonds. The van der Waals surface area contributed by atoms with Gasteiger partial charge in [0.15, 0.2) is 5.65 Å². The molecule has 1 aromatic carbocycles. The van der Waals surface area contributed by atoms with E-state index < -0.39 is 0 Å². The van der Waals surface area contributed by atoms with E-state index in [9.17, 15) is 9.90 Å². The van der Waals surface area contributed by atoms with Crippen LogP contribution < -0.4 is 0 Å². The first-order chi connectivity index (χ1) is 13.7. The number of aromatic nitrogens is 3. The summed E-state index contributed by atoms with van der Waals surface area (Å²) >= 11 is 0. The predicted molar refractivity (Wildman–Crippen MR) is 107 cm³/mol. The van der Waals surface area contributed by atoms with Crippen LogP contribution >= 0.6 is 0 Å². The summed E-state index contributed by atoms with van der Waals surface area (Å²) in [6, 6.07) is 9.42. The van der Waals surface area contributed by atoms with Crippen LogP contribution in [0.2, 0.25) is 0 Å². The lowest BCUT2D eigenvalue weighted by atomic mass is 9.94. The fraction of sp³-hybridized carbons (Fsp3) is 0.318. The number of phenols is 1. The van der Waals surface area contributed by atoms with Crippen LogP contribution in [0.25, 0.3) is 22.3 Å². The maximum Gasteiger partial charge on any atom is 0.246 e. The van der Waals surface area contributed by atoms with Crippen molar-refractivity contribution in [3.63, 3.8) is 0 Å². The highest BCUT2D eigenvalue weighted by atomic mass is 16.3. The van der Waals surface area contributed by atoms with E-state index in [0.717, 1.165) is 36.1 Å². The lowest BCUT2D eigenvalue weighted by Crippen LogP contribution is -2.51. The summed E-state index contributed by atoms with van der Waals surface area (Å²) < 4.78 is 0. The summed E-state index contributed by atoms with van der Waals surface area (Å²) in [5.74, 6) is 0.740. The molecular weight excluding hydrogens is 352 g/mol. The molecule has 1 aliphatic carbocycles. The second-order valence-corrected chi connectivity index (χ2v) is 7.68. The molecule has 6 heteroatoms. The molecule has 2 aromatic heterocycles. The normalized spacial score (nSPS) is 18.9. The number of aromatic amines is 1. The fourth-order valence-corrected chi connectivity index (χ4v) is 4.18. The summed E-state index contributed by atoms with van der Waals surface area (Å²) in [6.45, 7) is 4.40. The van der Waals surface area contributed by atoms with Crippen molar-refractivity contribution < 1.29 is 9.90 Å². The highest BCUT2D eigenvalue weighted by Gasteiger charge is 2.35. The van der Waals surface area contributed by atoms with Crippen molar-refractivity contribution in [2.24, 2.45) is 0 Å². The first kappa shape index (κ1) is 17.0. The van der Waals surface area contributed by atoms with Gasteiger partial charge in [0.05, 0.1) is 5.69 Å². The lowest BCUT2D eigenvalue weighted by Gasteiger charge is -2.40. The standard InChI is InChI=1S/C22H22N4O2/c1-2-20(28)26-10-9-14(26)11-18-21(13-7-8-13)16-12-17(24-25-22(16)23-18)15-5-3-4-6-19(15)27/h2-6,12-14,27H,1,7-11H2,(H,23,25). The van der Waals surface area contributed by atoms with Crippen LogP contribution in [0, 0.1) is 0 Å². The summed E-state index contributed by atoms with van der Waals surface area (Å²) in [6.07, 6.45) is 5.55. The van der Waals surface area contributed by atoms with E-state index in [1.165, 1.54) is 24.5 Å². The Morgan fingerprint density at radius 1 is 1.29 bits per heavy atom. The Morgan fingerprint density at radius 3 is 2.79 bits per heavy atom. The van der Waals surface area contributed by atoms with Gasteiger partial charge in [-0.05, 0) is 55.0 Å². The molecular formula is C22H22N4O2. The largest absolute Gasteiger partial charge is 0.507 e. The molecule has 3 aromatic rings. The third kappa shape index (κ3) is 2.76. The van der Waals surface area contributed by atoms with Crippen molar-refractivity contribution in [1.29, 1.82) is 0 Å². The Labute approximate surface area is 162 Å². The molecule has 1 saturated heterocycles. The molecule has 142 valence electrons. The maximum absolute atomic E-state index is 12.0. The van der Waals surface area contributed by atoms with E-state index in [0.29, 0.717) is 17.2 Å². The number of para-hydroxylation sites is 1. The van der Waals surface area contributed by atoms with E-state index >= 15 is 0 Å². The number of rotatable bonds is 5. The zero-order valence-electron chi connectivity index (χ0n) is 15.6. The van der Waals surface area contributed by atoms with Gasteiger partial charge in [-0.2, -0.15) is 0 Å². The van der Waals surface area contributed by atoms with E-state index in [-0.39, 0.29) is 17.7 Å². The van der Waals surface area contributed by atoms with Crippen LogP contribution in [0.4, 0.5) is 0 Å². The number of fused-ring (bicyclic) bond motifs is 1. The molecule has 3 heterocycles. The van der Waals surface area contributed by atoms with E-state index in [4.69, 9.17) is 0 Å². The zero-order chi connectivity index (χ0) is 19.3. The van der Waals surface area contributed by atoms with Gasteiger partial charge in [0.2, 0.25) is 5.91 Å². The van der Waals surface area contributed by atoms with Gasteiger partial charge in [-0.3, -0.25) is 4.79 Å². The van der Waals surface area contributed by atoms with Crippen LogP contribution in [-0.2, 0) is 11.2 Å². The molecule has 2 N–H and O–H groups in total. The number of nitrogens with one attached hydrogen (secondary N) is 1. The maximum atomic E-state index is 12.0. The average molecular weight is 374 g/mol. The molecule has 1 saturated carbocycles. The number of carbonyl (C=O) groups excluding carboxylic acids is 1. The summed E-state index contributed by atoms with van der Waals surface area (Å²) in [5, 5.41) is 20.0. The number of aromatic hydroxyl groups is 1. The van der Waals surface area contributed by atoms with Crippen molar-refractivity contribution >= 4 is 16.9 Å². The predicted octanol–water partition coefficient (Wildman–Crippen LogP) is 3.54. The second kappa shape index (κ2) is 6.48. The molecule has 1 atom stereocenters. The van der Waals surface area contributed by atoms with E-state index in [1.54, 1.807) is 12.1 Å². The van der Waals surface area contributed by atoms with Crippen LogP contribution in [-0.4, -0.2) is 43.7 Å². The van der Waals surface area contributed by atoms with Gasteiger partial charge in [-0.1, -0.05) is 18.7 Å². The number of phenolic OH excluding ortho intramolecular Hbond substituents is 1. The zero-order valence-corrected chi connectivity index (χ0v) is 15.6. The number of hydrogen-bond acceptors (Lipinski definition) is 4. The summed E-state index contributed by atoms with van der Waals surface area (Å²) in [4.78, 5) is 17.3. The molecule has 0 bridgehead atoms. The summed E-state index contributed by atoms with van der Waals surface area (Å²) in [7, 11) is 0. The van der Waals surface area contributed by atoms with Crippen molar-refractivity contribution in [3.8, 4) is 17.0 Å². The van der Waals surface area contributed by atoms with Crippen LogP contribution in [0.5, 0.6) is 5.75 Å². The molecule has 28 heavy (non-hydrogen) atoms. The Morgan fingerprint density at radius 2 is 2.11 bits per heavy atom. The number of carbonyl (C=O) groups is 1.